The second kappa shape index (κ2) is 4.04. The van der Waals surface area contributed by atoms with Crippen LogP contribution in [-0.4, -0.2) is 21.3 Å². The molecule has 1 fully saturated rings. The Morgan fingerprint density at radius 1 is 1.29 bits per heavy atom. The minimum atomic E-state index is -0.968. The van der Waals surface area contributed by atoms with E-state index in [4.69, 9.17) is 5.11 Å². The highest BCUT2D eigenvalue weighted by Gasteiger charge is 2.21. The first kappa shape index (κ1) is 9.58. The number of carbonyl (C=O) groups is 1. The topological polar surface area (TPSA) is 63.1 Å². The molecule has 0 unspecified atom stereocenters. The molecule has 0 radical (unpaired) electrons. The number of carboxylic acid groups (broad SMARTS) is 1. The minimum Gasteiger partial charge on any atom is -0.476 e. The fourth-order valence-corrected chi connectivity index (χ4v) is 2.69. The molecule has 1 aliphatic carbocycles. The van der Waals surface area contributed by atoms with E-state index in [0.29, 0.717) is 5.92 Å². The van der Waals surface area contributed by atoms with Crippen LogP contribution in [0.4, 0.5) is 0 Å². The molecule has 0 aliphatic heterocycles. The average molecular weight is 212 g/mol. The van der Waals surface area contributed by atoms with Gasteiger partial charge in [0.15, 0.2) is 0 Å². The SMILES string of the molecule is O=C(O)c1nnc(C2CCCCC2)s1. The monoisotopic (exact) mass is 212 g/mol. The van der Waals surface area contributed by atoms with E-state index in [0.717, 1.165) is 17.8 Å². The summed E-state index contributed by atoms with van der Waals surface area (Å²) in [5.41, 5.74) is 0. The quantitative estimate of drug-likeness (QED) is 0.816. The van der Waals surface area contributed by atoms with Gasteiger partial charge in [-0.1, -0.05) is 30.6 Å². The Balaban J connectivity index is 2.11. The third kappa shape index (κ3) is 1.92. The normalized spacial score (nSPS) is 18.3. The Morgan fingerprint density at radius 2 is 2.00 bits per heavy atom. The first-order valence-corrected chi connectivity index (χ1v) is 5.65. The van der Waals surface area contributed by atoms with Gasteiger partial charge < -0.3 is 5.11 Å². The molecule has 5 heteroatoms. The molecule has 0 atom stereocenters. The van der Waals surface area contributed by atoms with Crippen LogP contribution in [0.25, 0.3) is 0 Å². The van der Waals surface area contributed by atoms with Crippen LogP contribution in [0.15, 0.2) is 0 Å². The van der Waals surface area contributed by atoms with Gasteiger partial charge in [-0.25, -0.2) is 4.79 Å². The van der Waals surface area contributed by atoms with Crippen molar-refractivity contribution in [2.45, 2.75) is 38.0 Å². The zero-order valence-electron chi connectivity index (χ0n) is 7.77. The maximum absolute atomic E-state index is 10.6. The van der Waals surface area contributed by atoms with E-state index >= 15 is 0 Å². The van der Waals surface area contributed by atoms with Crippen molar-refractivity contribution in [3.63, 3.8) is 0 Å². The van der Waals surface area contributed by atoms with Crippen LogP contribution in [0.5, 0.6) is 0 Å². The highest BCUT2D eigenvalue weighted by atomic mass is 32.1. The van der Waals surface area contributed by atoms with Crippen LogP contribution in [-0.2, 0) is 0 Å². The van der Waals surface area contributed by atoms with Gasteiger partial charge in [-0.2, -0.15) is 0 Å². The van der Waals surface area contributed by atoms with Crippen molar-refractivity contribution in [2.75, 3.05) is 0 Å². The van der Waals surface area contributed by atoms with Crippen molar-refractivity contribution in [3.8, 4) is 0 Å². The number of hydrogen-bond donors (Lipinski definition) is 1. The van der Waals surface area contributed by atoms with Gasteiger partial charge in [0, 0.05) is 5.92 Å². The number of hydrogen-bond acceptors (Lipinski definition) is 4. The molecule has 0 bridgehead atoms. The van der Waals surface area contributed by atoms with Crippen molar-refractivity contribution in [1.29, 1.82) is 0 Å². The van der Waals surface area contributed by atoms with E-state index in [1.165, 1.54) is 30.6 Å². The van der Waals surface area contributed by atoms with Crippen LogP contribution < -0.4 is 0 Å². The van der Waals surface area contributed by atoms with Gasteiger partial charge in [0.05, 0.1) is 0 Å². The van der Waals surface area contributed by atoms with E-state index in [1.807, 2.05) is 0 Å². The van der Waals surface area contributed by atoms with Crippen molar-refractivity contribution in [1.82, 2.24) is 10.2 Å². The lowest BCUT2D eigenvalue weighted by Crippen LogP contribution is -2.03. The highest BCUT2D eigenvalue weighted by molar-refractivity contribution is 7.13. The van der Waals surface area contributed by atoms with E-state index in [-0.39, 0.29) is 5.01 Å². The number of rotatable bonds is 2. The van der Waals surface area contributed by atoms with Gasteiger partial charge in [-0.15, -0.1) is 10.2 Å². The fraction of sp³-hybridized carbons (Fsp3) is 0.667. The van der Waals surface area contributed by atoms with Gasteiger partial charge in [0.2, 0.25) is 5.01 Å². The largest absolute Gasteiger partial charge is 0.476 e. The first-order chi connectivity index (χ1) is 6.77. The van der Waals surface area contributed by atoms with Crippen LogP contribution in [0.1, 0.15) is 52.8 Å². The van der Waals surface area contributed by atoms with Crippen LogP contribution in [0, 0.1) is 0 Å². The Hall–Kier alpha value is -0.970. The molecule has 0 aromatic carbocycles. The molecule has 0 amide bonds. The van der Waals surface area contributed by atoms with Crippen molar-refractivity contribution >= 4 is 17.3 Å². The minimum absolute atomic E-state index is 0.116. The van der Waals surface area contributed by atoms with E-state index in [9.17, 15) is 4.79 Å². The van der Waals surface area contributed by atoms with Crippen LogP contribution in [0.2, 0.25) is 0 Å². The summed E-state index contributed by atoms with van der Waals surface area (Å²) in [5, 5.41) is 17.3. The van der Waals surface area contributed by atoms with Gasteiger partial charge in [-0.05, 0) is 12.8 Å². The Labute approximate surface area is 86.0 Å². The Bertz CT molecular complexity index is 331. The average Bonchev–Trinajstić information content (AvgIpc) is 2.68. The molecule has 76 valence electrons. The summed E-state index contributed by atoms with van der Waals surface area (Å²) >= 11 is 1.23. The second-order valence-corrected chi connectivity index (χ2v) is 4.59. The van der Waals surface area contributed by atoms with Crippen LogP contribution >= 0.6 is 11.3 Å². The molecule has 0 saturated heterocycles. The molecule has 1 heterocycles. The smallest absolute Gasteiger partial charge is 0.367 e. The summed E-state index contributed by atoms with van der Waals surface area (Å²) in [6.07, 6.45) is 6.02. The predicted molar refractivity (Wildman–Crippen MR) is 52.7 cm³/mol. The van der Waals surface area contributed by atoms with Gasteiger partial charge >= 0.3 is 5.97 Å². The van der Waals surface area contributed by atoms with Gasteiger partial charge in [-0.3, -0.25) is 0 Å². The molecule has 1 aromatic rings. The summed E-state index contributed by atoms with van der Waals surface area (Å²) < 4.78 is 0. The van der Waals surface area contributed by atoms with Gasteiger partial charge in [0.25, 0.3) is 0 Å². The molecule has 1 N–H and O–H groups in total. The molecule has 2 rings (SSSR count). The maximum Gasteiger partial charge on any atom is 0.367 e. The fourth-order valence-electron chi connectivity index (χ4n) is 1.84. The summed E-state index contributed by atoms with van der Waals surface area (Å²) in [6.45, 7) is 0. The predicted octanol–water partition coefficient (Wildman–Crippen LogP) is 2.28. The van der Waals surface area contributed by atoms with E-state index < -0.39 is 5.97 Å². The molecule has 4 nitrogen and oxygen atoms in total. The number of carboxylic acids is 1. The van der Waals surface area contributed by atoms with Gasteiger partial charge in [0.1, 0.15) is 5.01 Å². The van der Waals surface area contributed by atoms with Crippen LogP contribution in [0.3, 0.4) is 0 Å². The number of aromatic carboxylic acids is 1. The summed E-state index contributed by atoms with van der Waals surface area (Å²) in [4.78, 5) is 10.6. The lowest BCUT2D eigenvalue weighted by atomic mass is 9.90. The van der Waals surface area contributed by atoms with E-state index in [1.54, 1.807) is 0 Å². The van der Waals surface area contributed by atoms with Crippen molar-refractivity contribution in [3.05, 3.63) is 10.0 Å². The molecule has 1 aromatic heterocycles. The molecule has 1 aliphatic rings. The number of nitrogens with zero attached hydrogens (tertiary/aromatic N) is 2. The first-order valence-electron chi connectivity index (χ1n) is 4.84. The lowest BCUT2D eigenvalue weighted by Gasteiger charge is -2.18. The maximum atomic E-state index is 10.6. The van der Waals surface area contributed by atoms with Crippen molar-refractivity contribution in [2.24, 2.45) is 0 Å². The van der Waals surface area contributed by atoms with Crippen molar-refractivity contribution < 1.29 is 9.90 Å². The highest BCUT2D eigenvalue weighted by Crippen LogP contribution is 2.33. The lowest BCUT2D eigenvalue weighted by molar-refractivity contribution is 0.0695. The Morgan fingerprint density at radius 3 is 2.57 bits per heavy atom. The summed E-state index contributed by atoms with van der Waals surface area (Å²) in [7, 11) is 0. The number of aromatic nitrogens is 2. The third-order valence-electron chi connectivity index (χ3n) is 2.58. The third-order valence-corrected chi connectivity index (χ3v) is 3.65. The summed E-state index contributed by atoms with van der Waals surface area (Å²) in [5.74, 6) is -0.515. The zero-order valence-corrected chi connectivity index (χ0v) is 8.59. The summed E-state index contributed by atoms with van der Waals surface area (Å²) in [6, 6.07) is 0. The molecule has 14 heavy (non-hydrogen) atoms. The molecule has 1 saturated carbocycles. The molecule has 0 spiro atoms. The molecular weight excluding hydrogens is 200 g/mol. The standard InChI is InChI=1S/C9H12N2O2S/c12-9(13)8-11-10-7(14-8)6-4-2-1-3-5-6/h6H,1-5H2,(H,12,13). The Kier molecular flexibility index (Phi) is 2.77. The van der Waals surface area contributed by atoms with E-state index in [2.05, 4.69) is 10.2 Å². The zero-order chi connectivity index (χ0) is 9.97. The molecular formula is C9H12N2O2S. The second-order valence-electron chi connectivity index (χ2n) is 3.59.